The van der Waals surface area contributed by atoms with Crippen LogP contribution in [-0.4, -0.2) is 48.2 Å². The Bertz CT molecular complexity index is 1480. The van der Waals surface area contributed by atoms with Gasteiger partial charge in [-0.25, -0.2) is 4.79 Å². The molecule has 0 radical (unpaired) electrons. The zero-order chi connectivity index (χ0) is 30.4. The maximum Gasteiger partial charge on any atom is 0.339 e. The number of amides is 2. The van der Waals surface area contributed by atoms with E-state index in [1.54, 1.807) is 24.3 Å². The highest BCUT2D eigenvalue weighted by Gasteiger charge is 2.27. The minimum Gasteiger partial charge on any atom is -0.496 e. The number of aromatic carboxylic acids is 1. The summed E-state index contributed by atoms with van der Waals surface area (Å²) < 4.78 is 5.17. The van der Waals surface area contributed by atoms with E-state index < -0.39 is 17.9 Å². The van der Waals surface area contributed by atoms with Crippen LogP contribution in [0.2, 0.25) is 0 Å². The van der Waals surface area contributed by atoms with Crippen LogP contribution in [0.15, 0.2) is 66.9 Å². The molecule has 0 bridgehead atoms. The van der Waals surface area contributed by atoms with E-state index in [9.17, 15) is 19.5 Å². The van der Waals surface area contributed by atoms with E-state index >= 15 is 0 Å². The van der Waals surface area contributed by atoms with E-state index in [-0.39, 0.29) is 36.0 Å². The summed E-state index contributed by atoms with van der Waals surface area (Å²) in [5.74, 6) is -1.57. The standard InChI is InChI=1S/C32H37N5O5/c1-18-12-23(29(33)38)13-19(2)24(18)15-26(34-16-21-10-11-28(42-4)25(14-21)32(40)41)31(39)36-20(3)30-35-17-27(37-30)22-8-6-5-7-9-22/h5-14,17,20,26,30,34-35,37H,15-16H2,1-4H3,(H2,33,38)(H,36,39)(H,40,41). The molecule has 1 aliphatic rings. The maximum atomic E-state index is 13.7. The number of primary amides is 1. The summed E-state index contributed by atoms with van der Waals surface area (Å²) >= 11 is 0. The number of methoxy groups -OCH3 is 1. The Balaban J connectivity index is 1.52. The lowest BCUT2D eigenvalue weighted by atomic mass is 9.93. The van der Waals surface area contributed by atoms with Gasteiger partial charge in [0.15, 0.2) is 0 Å². The first kappa shape index (κ1) is 30.1. The Morgan fingerprint density at radius 1 is 1.05 bits per heavy atom. The van der Waals surface area contributed by atoms with Crippen LogP contribution in [0.1, 0.15) is 55.5 Å². The van der Waals surface area contributed by atoms with Crippen molar-refractivity contribution in [3.05, 3.63) is 106 Å². The summed E-state index contributed by atoms with van der Waals surface area (Å²) in [6, 6.07) is 17.3. The third kappa shape index (κ3) is 7.08. The van der Waals surface area contributed by atoms with Gasteiger partial charge in [0.1, 0.15) is 17.5 Å². The maximum absolute atomic E-state index is 13.7. The van der Waals surface area contributed by atoms with Crippen LogP contribution in [0.5, 0.6) is 5.75 Å². The lowest BCUT2D eigenvalue weighted by molar-refractivity contribution is -0.124. The molecular formula is C32H37N5O5. The summed E-state index contributed by atoms with van der Waals surface area (Å²) in [5.41, 5.74) is 11.2. The lowest BCUT2D eigenvalue weighted by Gasteiger charge is -2.27. The number of ether oxygens (including phenoxy) is 1. The van der Waals surface area contributed by atoms with Crippen molar-refractivity contribution in [1.82, 2.24) is 21.3 Å². The second-order valence-electron chi connectivity index (χ2n) is 10.4. The molecule has 3 unspecified atom stereocenters. The van der Waals surface area contributed by atoms with Gasteiger partial charge in [0, 0.05) is 18.3 Å². The number of carboxylic acid groups (broad SMARTS) is 1. The first-order chi connectivity index (χ1) is 20.1. The molecule has 3 aromatic carbocycles. The monoisotopic (exact) mass is 571 g/mol. The highest BCUT2D eigenvalue weighted by Crippen LogP contribution is 2.22. The summed E-state index contributed by atoms with van der Waals surface area (Å²) in [4.78, 5) is 37.2. The van der Waals surface area contributed by atoms with Gasteiger partial charge in [-0.1, -0.05) is 36.4 Å². The second kappa shape index (κ2) is 13.2. The Morgan fingerprint density at radius 2 is 1.74 bits per heavy atom. The third-order valence-electron chi connectivity index (χ3n) is 7.43. The molecule has 220 valence electrons. The Labute approximate surface area is 245 Å². The number of nitrogens with two attached hydrogens (primary N) is 1. The third-order valence-corrected chi connectivity index (χ3v) is 7.43. The van der Waals surface area contributed by atoms with E-state index in [1.165, 1.54) is 13.2 Å². The molecule has 1 aliphatic heterocycles. The topological polar surface area (TPSA) is 155 Å². The molecule has 3 aromatic rings. The van der Waals surface area contributed by atoms with Crippen LogP contribution in [0, 0.1) is 13.8 Å². The molecule has 0 aromatic heterocycles. The van der Waals surface area contributed by atoms with Gasteiger partial charge in [0.05, 0.1) is 24.9 Å². The van der Waals surface area contributed by atoms with Crippen molar-refractivity contribution in [3.63, 3.8) is 0 Å². The van der Waals surface area contributed by atoms with Gasteiger partial charge in [-0.15, -0.1) is 0 Å². The smallest absolute Gasteiger partial charge is 0.339 e. The molecule has 7 N–H and O–H groups in total. The zero-order valence-electron chi connectivity index (χ0n) is 24.2. The minimum absolute atomic E-state index is 0.0419. The van der Waals surface area contributed by atoms with Gasteiger partial charge in [0.25, 0.3) is 0 Å². The van der Waals surface area contributed by atoms with Crippen LogP contribution >= 0.6 is 0 Å². The molecule has 0 aliphatic carbocycles. The van der Waals surface area contributed by atoms with Crippen molar-refractivity contribution in [2.45, 2.75) is 52.0 Å². The SMILES string of the molecule is COc1ccc(CNC(Cc2c(C)cc(C(N)=O)cc2C)C(=O)NC(C)C2NC=C(c3ccccc3)N2)cc1C(=O)O. The van der Waals surface area contributed by atoms with Crippen molar-refractivity contribution < 1.29 is 24.2 Å². The molecule has 3 atom stereocenters. The van der Waals surface area contributed by atoms with Crippen molar-refractivity contribution in [3.8, 4) is 5.75 Å². The van der Waals surface area contributed by atoms with E-state index in [1.807, 2.05) is 57.3 Å². The first-order valence-corrected chi connectivity index (χ1v) is 13.7. The van der Waals surface area contributed by atoms with E-state index in [0.29, 0.717) is 17.5 Å². The van der Waals surface area contributed by atoms with Crippen molar-refractivity contribution in [2.24, 2.45) is 5.73 Å². The number of benzene rings is 3. The van der Waals surface area contributed by atoms with Gasteiger partial charge in [0.2, 0.25) is 11.8 Å². The van der Waals surface area contributed by atoms with Crippen LogP contribution in [0.3, 0.4) is 0 Å². The number of rotatable bonds is 12. The van der Waals surface area contributed by atoms with Crippen molar-refractivity contribution >= 4 is 23.5 Å². The molecule has 10 nitrogen and oxygen atoms in total. The Kier molecular flexibility index (Phi) is 9.49. The van der Waals surface area contributed by atoms with Gasteiger partial charge >= 0.3 is 5.97 Å². The number of aryl methyl sites for hydroxylation is 2. The molecule has 0 saturated heterocycles. The van der Waals surface area contributed by atoms with Gasteiger partial charge in [-0.2, -0.15) is 0 Å². The van der Waals surface area contributed by atoms with E-state index in [0.717, 1.165) is 28.0 Å². The number of carboxylic acids is 1. The number of carbonyl (C=O) groups is 3. The van der Waals surface area contributed by atoms with Gasteiger partial charge < -0.3 is 36.8 Å². The predicted molar refractivity (Wildman–Crippen MR) is 161 cm³/mol. The molecule has 1 heterocycles. The van der Waals surface area contributed by atoms with Gasteiger partial charge in [-0.05, 0) is 79.3 Å². The molecule has 0 saturated carbocycles. The van der Waals surface area contributed by atoms with E-state index in [2.05, 4.69) is 21.3 Å². The van der Waals surface area contributed by atoms with Crippen molar-refractivity contribution in [2.75, 3.05) is 7.11 Å². The fourth-order valence-corrected chi connectivity index (χ4v) is 5.08. The lowest BCUT2D eigenvalue weighted by Crippen LogP contribution is -2.55. The highest BCUT2D eigenvalue weighted by atomic mass is 16.5. The predicted octanol–water partition coefficient (Wildman–Crippen LogP) is 2.83. The van der Waals surface area contributed by atoms with Crippen LogP contribution in [0.25, 0.3) is 5.70 Å². The summed E-state index contributed by atoms with van der Waals surface area (Å²) in [6.45, 7) is 5.94. The summed E-state index contributed by atoms with van der Waals surface area (Å²) in [5, 5.41) is 22.7. The number of nitrogens with one attached hydrogen (secondary N) is 4. The molecule has 42 heavy (non-hydrogen) atoms. The largest absolute Gasteiger partial charge is 0.496 e. The second-order valence-corrected chi connectivity index (χ2v) is 10.4. The zero-order valence-corrected chi connectivity index (χ0v) is 24.2. The Morgan fingerprint density at radius 3 is 2.36 bits per heavy atom. The number of hydrogen-bond acceptors (Lipinski definition) is 7. The summed E-state index contributed by atoms with van der Waals surface area (Å²) in [6.07, 6.45) is 2.02. The number of hydrogen-bond donors (Lipinski definition) is 6. The first-order valence-electron chi connectivity index (χ1n) is 13.7. The van der Waals surface area contributed by atoms with E-state index in [4.69, 9.17) is 10.5 Å². The Hall–Kier alpha value is -4.83. The molecular weight excluding hydrogens is 534 g/mol. The van der Waals surface area contributed by atoms with Crippen LogP contribution < -0.4 is 31.7 Å². The fourth-order valence-electron chi connectivity index (χ4n) is 5.08. The number of carbonyl (C=O) groups excluding carboxylic acids is 2. The summed E-state index contributed by atoms with van der Waals surface area (Å²) in [7, 11) is 1.42. The molecule has 4 rings (SSSR count). The normalized spacial score (nSPS) is 15.5. The highest BCUT2D eigenvalue weighted by molar-refractivity contribution is 5.93. The fraction of sp³-hybridized carbons (Fsp3) is 0.281. The van der Waals surface area contributed by atoms with Crippen molar-refractivity contribution in [1.29, 1.82) is 0 Å². The average Bonchev–Trinajstić information content (AvgIpc) is 3.47. The quantitative estimate of drug-likeness (QED) is 0.194. The van der Waals surface area contributed by atoms with Gasteiger partial charge in [-0.3, -0.25) is 9.59 Å². The van der Waals surface area contributed by atoms with Crippen LogP contribution in [0.4, 0.5) is 0 Å². The molecule has 2 amide bonds. The molecule has 0 fully saturated rings. The average molecular weight is 572 g/mol. The molecule has 0 spiro atoms. The minimum atomic E-state index is -1.10. The molecule has 10 heteroatoms. The van der Waals surface area contributed by atoms with Crippen LogP contribution in [-0.2, 0) is 17.8 Å².